The second-order valence-electron chi connectivity index (χ2n) is 5.76. The van der Waals surface area contributed by atoms with Crippen LogP contribution in [0.4, 0.5) is 5.95 Å². The number of hydrogen-bond donors (Lipinski definition) is 0. The van der Waals surface area contributed by atoms with E-state index in [0.29, 0.717) is 0 Å². The maximum Gasteiger partial charge on any atom is 0.226 e. The molecule has 22 heavy (non-hydrogen) atoms. The van der Waals surface area contributed by atoms with E-state index in [1.165, 1.54) is 24.8 Å². The van der Waals surface area contributed by atoms with Crippen LogP contribution in [-0.4, -0.2) is 48.1 Å². The number of hydrogen-bond acceptors (Lipinski definition) is 4. The summed E-state index contributed by atoms with van der Waals surface area (Å²) in [6.07, 6.45) is 8.92. The summed E-state index contributed by atoms with van der Waals surface area (Å²) in [5.74, 6) is 7.28. The number of nitrogens with zero attached hydrogens (tertiary/aromatic N) is 4. The van der Waals surface area contributed by atoms with Crippen molar-refractivity contribution in [3.05, 3.63) is 29.6 Å². The van der Waals surface area contributed by atoms with Crippen LogP contribution in [0.25, 0.3) is 0 Å². The topological polar surface area (TPSA) is 32.3 Å². The predicted octanol–water partition coefficient (Wildman–Crippen LogP) is 2.66. The zero-order valence-corrected chi connectivity index (χ0v) is 14.8. The molecule has 3 rings (SSSR count). The van der Waals surface area contributed by atoms with Crippen LogP contribution < -0.4 is 4.90 Å². The Bertz CT molecular complexity index is 580. The first-order valence-corrected chi connectivity index (χ1v) is 7.79. The first kappa shape index (κ1) is 17.0. The molecule has 0 unspecified atom stereocenters. The molecule has 1 fully saturated rings. The maximum atomic E-state index is 4.60. The predicted molar refractivity (Wildman–Crippen MR) is 95.5 cm³/mol. The SMILES string of the molecule is Br.CN1CCN(c2nccc(C#CC3=CCCCC3)n2)CC1. The zero-order chi connectivity index (χ0) is 14.5. The van der Waals surface area contributed by atoms with Crippen molar-refractivity contribution in [3.63, 3.8) is 0 Å². The highest BCUT2D eigenvalue weighted by atomic mass is 79.9. The standard InChI is InChI=1S/C17H22N4.BrH/c1-20-11-13-21(14-12-20)17-18-10-9-16(19-17)8-7-15-5-3-2-4-6-15;/h5,9-10H,2-4,6,11-14H2,1H3;1H. The lowest BCUT2D eigenvalue weighted by molar-refractivity contribution is 0.311. The van der Waals surface area contributed by atoms with E-state index in [9.17, 15) is 0 Å². The van der Waals surface area contributed by atoms with Crippen molar-refractivity contribution in [1.82, 2.24) is 14.9 Å². The Balaban J connectivity index is 0.00000176. The Kier molecular flexibility index (Phi) is 6.41. The van der Waals surface area contributed by atoms with E-state index in [1.54, 1.807) is 0 Å². The van der Waals surface area contributed by atoms with Gasteiger partial charge in [0.15, 0.2) is 0 Å². The molecule has 2 heterocycles. The van der Waals surface area contributed by atoms with Crippen molar-refractivity contribution in [2.75, 3.05) is 38.1 Å². The number of piperazine rings is 1. The minimum Gasteiger partial charge on any atom is -0.338 e. The summed E-state index contributed by atoms with van der Waals surface area (Å²) in [4.78, 5) is 13.6. The first-order chi connectivity index (χ1) is 10.3. The van der Waals surface area contributed by atoms with E-state index in [1.807, 2.05) is 12.3 Å². The fourth-order valence-electron chi connectivity index (χ4n) is 2.67. The number of allylic oxidation sites excluding steroid dienone is 2. The van der Waals surface area contributed by atoms with E-state index < -0.39 is 0 Å². The molecule has 1 aliphatic heterocycles. The number of aromatic nitrogens is 2. The minimum atomic E-state index is 0. The van der Waals surface area contributed by atoms with Gasteiger partial charge in [-0.05, 0) is 50.3 Å². The van der Waals surface area contributed by atoms with Gasteiger partial charge in [0.2, 0.25) is 5.95 Å². The van der Waals surface area contributed by atoms with Crippen LogP contribution in [0.15, 0.2) is 23.9 Å². The summed E-state index contributed by atoms with van der Waals surface area (Å²) in [5.41, 5.74) is 2.09. The Morgan fingerprint density at radius 3 is 2.64 bits per heavy atom. The molecule has 5 heteroatoms. The van der Waals surface area contributed by atoms with Gasteiger partial charge >= 0.3 is 0 Å². The first-order valence-electron chi connectivity index (χ1n) is 7.79. The molecule has 118 valence electrons. The quantitative estimate of drug-likeness (QED) is 0.719. The smallest absolute Gasteiger partial charge is 0.226 e. The van der Waals surface area contributed by atoms with Crippen LogP contribution in [0.2, 0.25) is 0 Å². The maximum absolute atomic E-state index is 4.60. The van der Waals surface area contributed by atoms with Crippen LogP contribution in [0.5, 0.6) is 0 Å². The highest BCUT2D eigenvalue weighted by molar-refractivity contribution is 8.93. The Hall–Kier alpha value is -1.38. The molecular formula is C17H23BrN4. The van der Waals surface area contributed by atoms with Gasteiger partial charge in [-0.25, -0.2) is 9.97 Å². The number of halogens is 1. The fourth-order valence-corrected chi connectivity index (χ4v) is 2.67. The fraction of sp³-hybridized carbons (Fsp3) is 0.529. The molecule has 1 aromatic heterocycles. The van der Waals surface area contributed by atoms with Crippen molar-refractivity contribution in [2.24, 2.45) is 0 Å². The molecule has 0 amide bonds. The number of rotatable bonds is 1. The van der Waals surface area contributed by atoms with Crippen molar-refractivity contribution in [3.8, 4) is 11.8 Å². The van der Waals surface area contributed by atoms with Crippen LogP contribution in [-0.2, 0) is 0 Å². The average molecular weight is 363 g/mol. The van der Waals surface area contributed by atoms with Crippen molar-refractivity contribution >= 4 is 22.9 Å². The lowest BCUT2D eigenvalue weighted by atomic mass is 10.00. The van der Waals surface area contributed by atoms with E-state index >= 15 is 0 Å². The highest BCUT2D eigenvalue weighted by Gasteiger charge is 2.16. The van der Waals surface area contributed by atoms with Crippen molar-refractivity contribution < 1.29 is 0 Å². The van der Waals surface area contributed by atoms with Gasteiger partial charge in [-0.2, -0.15) is 0 Å². The van der Waals surface area contributed by atoms with E-state index in [2.05, 4.69) is 44.7 Å². The van der Waals surface area contributed by atoms with Gasteiger partial charge in [0.1, 0.15) is 5.69 Å². The average Bonchev–Trinajstić information content (AvgIpc) is 2.55. The lowest BCUT2D eigenvalue weighted by Crippen LogP contribution is -2.45. The van der Waals surface area contributed by atoms with Gasteiger partial charge in [0.05, 0.1) is 0 Å². The Labute approximate surface area is 143 Å². The molecule has 0 aromatic carbocycles. The van der Waals surface area contributed by atoms with Crippen LogP contribution in [0, 0.1) is 11.8 Å². The minimum absolute atomic E-state index is 0. The van der Waals surface area contributed by atoms with Crippen LogP contribution in [0.3, 0.4) is 0 Å². The number of anilines is 1. The summed E-state index contributed by atoms with van der Waals surface area (Å²) >= 11 is 0. The molecule has 0 N–H and O–H groups in total. The van der Waals surface area contributed by atoms with Gasteiger partial charge in [-0.15, -0.1) is 17.0 Å². The molecule has 4 nitrogen and oxygen atoms in total. The highest BCUT2D eigenvalue weighted by Crippen LogP contribution is 2.16. The molecule has 1 saturated heterocycles. The summed E-state index contributed by atoms with van der Waals surface area (Å²) in [6, 6.07) is 1.90. The monoisotopic (exact) mass is 362 g/mol. The van der Waals surface area contributed by atoms with Crippen molar-refractivity contribution in [1.29, 1.82) is 0 Å². The molecule has 0 spiro atoms. The van der Waals surface area contributed by atoms with Gasteiger partial charge in [-0.3, -0.25) is 0 Å². The molecule has 0 saturated carbocycles. The Morgan fingerprint density at radius 1 is 1.09 bits per heavy atom. The third-order valence-electron chi connectivity index (χ3n) is 4.07. The molecule has 1 aliphatic carbocycles. The number of likely N-dealkylation sites (N-methyl/N-ethyl adjacent to an activating group) is 1. The Morgan fingerprint density at radius 2 is 1.91 bits per heavy atom. The zero-order valence-electron chi connectivity index (χ0n) is 13.1. The molecule has 1 aromatic rings. The summed E-state index contributed by atoms with van der Waals surface area (Å²) in [6.45, 7) is 4.09. The van der Waals surface area contributed by atoms with Crippen LogP contribution >= 0.6 is 17.0 Å². The molecule has 0 bridgehead atoms. The molecule has 2 aliphatic rings. The van der Waals surface area contributed by atoms with E-state index in [4.69, 9.17) is 0 Å². The summed E-state index contributed by atoms with van der Waals surface area (Å²) < 4.78 is 0. The van der Waals surface area contributed by atoms with Gasteiger partial charge in [0, 0.05) is 32.4 Å². The van der Waals surface area contributed by atoms with Gasteiger partial charge < -0.3 is 9.80 Å². The molecule has 0 radical (unpaired) electrons. The third-order valence-corrected chi connectivity index (χ3v) is 4.07. The largest absolute Gasteiger partial charge is 0.338 e. The third kappa shape index (κ3) is 4.56. The van der Waals surface area contributed by atoms with E-state index in [0.717, 1.165) is 44.2 Å². The van der Waals surface area contributed by atoms with Gasteiger partial charge in [0.25, 0.3) is 0 Å². The lowest BCUT2D eigenvalue weighted by Gasteiger charge is -2.32. The normalized spacial score (nSPS) is 18.8. The van der Waals surface area contributed by atoms with E-state index in [-0.39, 0.29) is 17.0 Å². The second kappa shape index (κ2) is 8.30. The van der Waals surface area contributed by atoms with Gasteiger partial charge in [-0.1, -0.05) is 12.0 Å². The summed E-state index contributed by atoms with van der Waals surface area (Å²) in [7, 11) is 2.15. The molecular weight excluding hydrogens is 340 g/mol. The van der Waals surface area contributed by atoms with Crippen LogP contribution in [0.1, 0.15) is 31.4 Å². The molecule has 0 atom stereocenters. The second-order valence-corrected chi connectivity index (χ2v) is 5.76. The summed E-state index contributed by atoms with van der Waals surface area (Å²) in [5, 5.41) is 0. The van der Waals surface area contributed by atoms with Crippen molar-refractivity contribution in [2.45, 2.75) is 25.7 Å².